The Hall–Kier alpha value is -1.06. The molecule has 1 atom stereocenters. The number of carbonyl (C=O) groups is 1. The first-order valence-electron chi connectivity index (χ1n) is 9.01. The minimum Gasteiger partial charge on any atom is -0.376 e. The SMILES string of the molecule is CN(C)C(=O)CN=C(NCC1CCCCO1)N(C)Cc1cccc(Cl)c1.I. The summed E-state index contributed by atoms with van der Waals surface area (Å²) in [6, 6.07) is 7.75. The molecular formula is C19H30ClIN4O2. The predicted molar refractivity (Wildman–Crippen MR) is 121 cm³/mol. The molecule has 1 unspecified atom stereocenters. The summed E-state index contributed by atoms with van der Waals surface area (Å²) >= 11 is 6.08. The zero-order valence-electron chi connectivity index (χ0n) is 16.3. The van der Waals surface area contributed by atoms with Crippen molar-refractivity contribution in [3.63, 3.8) is 0 Å². The lowest BCUT2D eigenvalue weighted by atomic mass is 10.1. The molecule has 0 bridgehead atoms. The van der Waals surface area contributed by atoms with Crippen LogP contribution in [0.4, 0.5) is 0 Å². The number of amides is 1. The van der Waals surface area contributed by atoms with Gasteiger partial charge in [0.1, 0.15) is 6.54 Å². The van der Waals surface area contributed by atoms with Crippen LogP contribution in [0.1, 0.15) is 24.8 Å². The van der Waals surface area contributed by atoms with E-state index in [0.29, 0.717) is 24.1 Å². The highest BCUT2D eigenvalue weighted by Crippen LogP contribution is 2.13. The van der Waals surface area contributed by atoms with Crippen molar-refractivity contribution in [1.82, 2.24) is 15.1 Å². The monoisotopic (exact) mass is 508 g/mol. The molecule has 1 aliphatic heterocycles. The van der Waals surface area contributed by atoms with Crippen LogP contribution in [0.2, 0.25) is 5.02 Å². The largest absolute Gasteiger partial charge is 0.376 e. The fraction of sp³-hybridized carbons (Fsp3) is 0.579. The third-order valence-corrected chi connectivity index (χ3v) is 4.53. The van der Waals surface area contributed by atoms with Crippen molar-refractivity contribution in [2.24, 2.45) is 4.99 Å². The Labute approximate surface area is 184 Å². The molecule has 0 radical (unpaired) electrons. The highest BCUT2D eigenvalue weighted by Gasteiger charge is 2.16. The second kappa shape index (κ2) is 12.4. The second-order valence-corrected chi connectivity index (χ2v) is 7.22. The average Bonchev–Trinajstić information content (AvgIpc) is 2.62. The van der Waals surface area contributed by atoms with Gasteiger partial charge < -0.3 is 19.9 Å². The number of nitrogens with one attached hydrogen (secondary N) is 1. The molecule has 1 saturated heterocycles. The van der Waals surface area contributed by atoms with Crippen LogP contribution in [-0.4, -0.2) is 68.6 Å². The number of likely N-dealkylation sites (N-methyl/N-ethyl adjacent to an activating group) is 1. The lowest BCUT2D eigenvalue weighted by Crippen LogP contribution is -2.43. The maximum Gasteiger partial charge on any atom is 0.243 e. The number of carbonyl (C=O) groups excluding carboxylic acids is 1. The van der Waals surface area contributed by atoms with Crippen LogP contribution in [0, 0.1) is 0 Å². The topological polar surface area (TPSA) is 57.2 Å². The Kier molecular flexibility index (Phi) is 11.0. The van der Waals surface area contributed by atoms with Crippen LogP contribution < -0.4 is 5.32 Å². The number of ether oxygens (including phenoxy) is 1. The standard InChI is InChI=1S/C19H29ClN4O2.HI/c1-23(2)18(25)13-22-19(21-12-17-9-4-5-10-26-17)24(3)14-15-7-6-8-16(20)11-15;/h6-8,11,17H,4-5,9-10,12-14H2,1-3H3,(H,21,22);1H. The van der Waals surface area contributed by atoms with E-state index < -0.39 is 0 Å². The number of halogens is 2. The minimum atomic E-state index is -0.0330. The van der Waals surface area contributed by atoms with Crippen molar-refractivity contribution >= 4 is 47.4 Å². The minimum absolute atomic E-state index is 0. The molecule has 152 valence electrons. The summed E-state index contributed by atoms with van der Waals surface area (Å²) in [5.41, 5.74) is 1.09. The van der Waals surface area contributed by atoms with Gasteiger partial charge in [-0.25, -0.2) is 4.99 Å². The van der Waals surface area contributed by atoms with Gasteiger partial charge in [0.15, 0.2) is 5.96 Å². The van der Waals surface area contributed by atoms with Crippen LogP contribution in [0.5, 0.6) is 0 Å². The molecule has 2 rings (SSSR count). The van der Waals surface area contributed by atoms with Gasteiger partial charge in [-0.3, -0.25) is 4.79 Å². The number of rotatable bonds is 6. The summed E-state index contributed by atoms with van der Waals surface area (Å²) in [7, 11) is 5.42. The van der Waals surface area contributed by atoms with E-state index in [1.54, 1.807) is 19.0 Å². The maximum absolute atomic E-state index is 11.9. The third kappa shape index (κ3) is 8.66. The van der Waals surface area contributed by atoms with Crippen molar-refractivity contribution in [2.45, 2.75) is 31.9 Å². The lowest BCUT2D eigenvalue weighted by molar-refractivity contribution is -0.127. The molecule has 1 fully saturated rings. The highest BCUT2D eigenvalue weighted by atomic mass is 127. The summed E-state index contributed by atoms with van der Waals surface area (Å²) < 4.78 is 5.78. The van der Waals surface area contributed by atoms with Crippen LogP contribution in [0.15, 0.2) is 29.3 Å². The van der Waals surface area contributed by atoms with E-state index in [2.05, 4.69) is 10.3 Å². The van der Waals surface area contributed by atoms with Gasteiger partial charge in [0.25, 0.3) is 0 Å². The van der Waals surface area contributed by atoms with Gasteiger partial charge in [0.2, 0.25) is 5.91 Å². The molecular weight excluding hydrogens is 479 g/mol. The number of benzene rings is 1. The zero-order chi connectivity index (χ0) is 18.9. The quantitative estimate of drug-likeness (QED) is 0.365. The molecule has 8 heteroatoms. The Morgan fingerprint density at radius 3 is 2.74 bits per heavy atom. The van der Waals surface area contributed by atoms with Gasteiger partial charge in [-0.15, -0.1) is 24.0 Å². The molecule has 1 aromatic carbocycles. The van der Waals surface area contributed by atoms with E-state index in [-0.39, 0.29) is 42.5 Å². The fourth-order valence-electron chi connectivity index (χ4n) is 2.75. The van der Waals surface area contributed by atoms with Gasteiger partial charge in [0.05, 0.1) is 6.10 Å². The van der Waals surface area contributed by atoms with Crippen LogP contribution in [0.3, 0.4) is 0 Å². The van der Waals surface area contributed by atoms with Crippen molar-refractivity contribution in [3.8, 4) is 0 Å². The van der Waals surface area contributed by atoms with Gasteiger partial charge in [-0.1, -0.05) is 23.7 Å². The molecule has 0 aliphatic carbocycles. The Morgan fingerprint density at radius 1 is 1.33 bits per heavy atom. The summed E-state index contributed by atoms with van der Waals surface area (Å²) in [5, 5.41) is 4.07. The summed E-state index contributed by atoms with van der Waals surface area (Å²) in [5.74, 6) is 0.656. The Balaban J connectivity index is 0.00000364. The van der Waals surface area contributed by atoms with E-state index in [0.717, 1.165) is 25.0 Å². The van der Waals surface area contributed by atoms with Crippen LogP contribution >= 0.6 is 35.6 Å². The number of guanidine groups is 1. The highest BCUT2D eigenvalue weighted by molar-refractivity contribution is 14.0. The van der Waals surface area contributed by atoms with Crippen molar-refractivity contribution < 1.29 is 9.53 Å². The van der Waals surface area contributed by atoms with Crippen molar-refractivity contribution in [1.29, 1.82) is 0 Å². The first-order valence-corrected chi connectivity index (χ1v) is 9.39. The van der Waals surface area contributed by atoms with E-state index in [4.69, 9.17) is 16.3 Å². The number of aliphatic imine (C=N–C) groups is 1. The van der Waals surface area contributed by atoms with E-state index in [1.165, 1.54) is 6.42 Å². The summed E-state index contributed by atoms with van der Waals surface area (Å²) in [4.78, 5) is 20.0. The van der Waals surface area contributed by atoms with E-state index in [1.807, 2.05) is 36.2 Å². The first kappa shape index (κ1) is 24.0. The van der Waals surface area contributed by atoms with Crippen LogP contribution in [-0.2, 0) is 16.1 Å². The first-order chi connectivity index (χ1) is 12.5. The van der Waals surface area contributed by atoms with E-state index >= 15 is 0 Å². The van der Waals surface area contributed by atoms with Crippen molar-refractivity contribution in [3.05, 3.63) is 34.9 Å². The summed E-state index contributed by atoms with van der Waals surface area (Å²) in [6.45, 7) is 2.26. The molecule has 1 aromatic rings. The lowest BCUT2D eigenvalue weighted by Gasteiger charge is -2.27. The molecule has 27 heavy (non-hydrogen) atoms. The van der Waals surface area contributed by atoms with E-state index in [9.17, 15) is 4.79 Å². The second-order valence-electron chi connectivity index (χ2n) is 6.78. The van der Waals surface area contributed by atoms with Gasteiger partial charge in [0, 0.05) is 45.9 Å². The number of hydrogen-bond donors (Lipinski definition) is 1. The number of hydrogen-bond acceptors (Lipinski definition) is 3. The molecule has 1 N–H and O–H groups in total. The van der Waals surface area contributed by atoms with Crippen LogP contribution in [0.25, 0.3) is 0 Å². The van der Waals surface area contributed by atoms with Gasteiger partial charge in [-0.05, 0) is 37.0 Å². The third-order valence-electron chi connectivity index (χ3n) is 4.30. The molecule has 1 amide bonds. The normalized spacial score (nSPS) is 17.0. The molecule has 0 aromatic heterocycles. The van der Waals surface area contributed by atoms with Crippen molar-refractivity contribution in [2.75, 3.05) is 40.8 Å². The maximum atomic E-state index is 11.9. The predicted octanol–water partition coefficient (Wildman–Crippen LogP) is 2.99. The fourth-order valence-corrected chi connectivity index (χ4v) is 2.97. The summed E-state index contributed by atoms with van der Waals surface area (Å²) in [6.07, 6.45) is 3.56. The Bertz CT molecular complexity index is 621. The molecule has 0 saturated carbocycles. The Morgan fingerprint density at radius 2 is 2.11 bits per heavy atom. The van der Waals surface area contributed by atoms with Gasteiger partial charge >= 0.3 is 0 Å². The molecule has 1 heterocycles. The average molecular weight is 509 g/mol. The van der Waals surface area contributed by atoms with Gasteiger partial charge in [-0.2, -0.15) is 0 Å². The molecule has 1 aliphatic rings. The molecule has 0 spiro atoms. The molecule has 6 nitrogen and oxygen atoms in total. The smallest absolute Gasteiger partial charge is 0.243 e. The number of nitrogens with zero attached hydrogens (tertiary/aromatic N) is 3. The zero-order valence-corrected chi connectivity index (χ0v) is 19.4.